The third-order valence-corrected chi connectivity index (χ3v) is 4.70. The van der Waals surface area contributed by atoms with E-state index in [9.17, 15) is 13.2 Å². The smallest absolute Gasteiger partial charge is 0.422 e. The van der Waals surface area contributed by atoms with E-state index in [0.717, 1.165) is 22.4 Å². The maximum atomic E-state index is 12.3. The quantitative estimate of drug-likeness (QED) is 0.403. The highest BCUT2D eigenvalue weighted by Crippen LogP contribution is 2.26. The number of pyridine rings is 2. The van der Waals surface area contributed by atoms with Gasteiger partial charge >= 0.3 is 6.18 Å². The van der Waals surface area contributed by atoms with Gasteiger partial charge in [-0.1, -0.05) is 30.3 Å². The van der Waals surface area contributed by atoms with Gasteiger partial charge in [0.05, 0.1) is 5.69 Å². The minimum absolute atomic E-state index is 0.0866. The van der Waals surface area contributed by atoms with E-state index >= 15 is 0 Å². The molecule has 0 aliphatic rings. The van der Waals surface area contributed by atoms with Crippen LogP contribution in [-0.2, 0) is 6.42 Å². The zero-order valence-corrected chi connectivity index (χ0v) is 17.2. The predicted molar refractivity (Wildman–Crippen MR) is 114 cm³/mol. The fourth-order valence-electron chi connectivity index (χ4n) is 3.19. The molecule has 0 radical (unpaired) electrons. The second-order valence-electron chi connectivity index (χ2n) is 7.16. The molecule has 0 atom stereocenters. The molecule has 0 saturated heterocycles. The number of hydrogen-bond acceptors (Lipinski definition) is 5. The van der Waals surface area contributed by atoms with Crippen molar-refractivity contribution in [2.45, 2.75) is 19.5 Å². The molecule has 8 heteroatoms. The molecule has 0 saturated carbocycles. The van der Waals surface area contributed by atoms with Gasteiger partial charge in [0.1, 0.15) is 5.82 Å². The Balaban J connectivity index is 1.54. The van der Waals surface area contributed by atoms with Crippen LogP contribution in [-0.4, -0.2) is 32.7 Å². The summed E-state index contributed by atoms with van der Waals surface area (Å²) < 4.78 is 41.5. The second-order valence-corrected chi connectivity index (χ2v) is 7.16. The molecule has 0 fully saturated rings. The first-order chi connectivity index (χ1) is 15.4. The summed E-state index contributed by atoms with van der Waals surface area (Å²) in [6, 6.07) is 16.7. The number of rotatable bonds is 6. The lowest BCUT2D eigenvalue weighted by molar-refractivity contribution is -0.154. The Morgan fingerprint density at radius 1 is 0.812 bits per heavy atom. The van der Waals surface area contributed by atoms with Gasteiger partial charge in [0, 0.05) is 47.9 Å². The van der Waals surface area contributed by atoms with Crippen molar-refractivity contribution in [3.63, 3.8) is 0 Å². The largest absolute Gasteiger partial charge is 0.468 e. The number of ether oxygens (including phenoxy) is 1. The lowest BCUT2D eigenvalue weighted by atomic mass is 9.98. The van der Waals surface area contributed by atoms with Crippen molar-refractivity contribution >= 4 is 0 Å². The first kappa shape index (κ1) is 21.4. The third-order valence-electron chi connectivity index (χ3n) is 4.70. The Morgan fingerprint density at radius 3 is 2.28 bits per heavy atom. The molecule has 4 rings (SSSR count). The average molecular weight is 436 g/mol. The fourth-order valence-corrected chi connectivity index (χ4v) is 3.19. The molecule has 3 aromatic heterocycles. The Morgan fingerprint density at radius 2 is 1.56 bits per heavy atom. The predicted octanol–water partition coefficient (Wildman–Crippen LogP) is 5.44. The van der Waals surface area contributed by atoms with Gasteiger partial charge in [-0.15, -0.1) is 0 Å². The summed E-state index contributed by atoms with van der Waals surface area (Å²) in [7, 11) is 0. The second kappa shape index (κ2) is 9.13. The van der Waals surface area contributed by atoms with Crippen molar-refractivity contribution in [1.82, 2.24) is 19.9 Å². The maximum Gasteiger partial charge on any atom is 0.422 e. The Bertz CT molecular complexity index is 1190. The zero-order valence-electron chi connectivity index (χ0n) is 17.2. The van der Waals surface area contributed by atoms with Crippen molar-refractivity contribution in [2.24, 2.45) is 0 Å². The summed E-state index contributed by atoms with van der Waals surface area (Å²) in [4.78, 5) is 17.2. The number of halogens is 3. The number of aromatic nitrogens is 4. The van der Waals surface area contributed by atoms with Crippen molar-refractivity contribution < 1.29 is 17.9 Å². The minimum atomic E-state index is -4.41. The Kier molecular flexibility index (Phi) is 6.11. The van der Waals surface area contributed by atoms with Crippen molar-refractivity contribution in [1.29, 1.82) is 0 Å². The van der Waals surface area contributed by atoms with E-state index in [4.69, 9.17) is 4.98 Å². The standard InChI is InChI=1S/C24H19F3N4O/c1-16-28-13-19(14-29-16)21-7-3-2-5-17(21)11-20-6-4-8-22(31-20)18-9-10-23(30-12-18)32-15-24(25,26)27/h2-10,12-14H,11,15H2,1H3. The summed E-state index contributed by atoms with van der Waals surface area (Å²) in [5.41, 5.74) is 5.26. The number of aryl methyl sites for hydroxylation is 1. The van der Waals surface area contributed by atoms with Crippen LogP contribution < -0.4 is 4.74 Å². The Labute approximate surface area is 183 Å². The van der Waals surface area contributed by atoms with Crippen LogP contribution in [0.3, 0.4) is 0 Å². The van der Waals surface area contributed by atoms with Crippen molar-refractivity contribution in [2.75, 3.05) is 6.61 Å². The van der Waals surface area contributed by atoms with Crippen molar-refractivity contribution in [3.05, 3.63) is 90.3 Å². The fraction of sp³-hybridized carbons (Fsp3) is 0.167. The molecule has 0 aliphatic carbocycles. The molecule has 0 aliphatic heterocycles. The van der Waals surface area contributed by atoms with Crippen molar-refractivity contribution in [3.8, 4) is 28.3 Å². The summed E-state index contributed by atoms with van der Waals surface area (Å²) in [6.45, 7) is 0.466. The van der Waals surface area contributed by atoms with Gasteiger partial charge in [-0.05, 0) is 36.2 Å². The summed E-state index contributed by atoms with van der Waals surface area (Å²) in [6.07, 6.45) is 1.25. The first-order valence-electron chi connectivity index (χ1n) is 9.86. The van der Waals surface area contributed by atoms with E-state index in [1.165, 1.54) is 12.3 Å². The normalized spacial score (nSPS) is 11.4. The van der Waals surface area contributed by atoms with E-state index in [1.54, 1.807) is 18.5 Å². The van der Waals surface area contributed by atoms with Crippen LogP contribution >= 0.6 is 0 Å². The molecule has 0 bridgehead atoms. The van der Waals surface area contributed by atoms with Gasteiger partial charge in [0.2, 0.25) is 5.88 Å². The van der Waals surface area contributed by atoms with Gasteiger partial charge in [-0.3, -0.25) is 4.98 Å². The van der Waals surface area contributed by atoms with Gasteiger partial charge in [-0.25, -0.2) is 15.0 Å². The van der Waals surface area contributed by atoms with Crippen LogP contribution in [0.1, 0.15) is 17.1 Å². The third kappa shape index (κ3) is 5.46. The van der Waals surface area contributed by atoms with Crippen LogP contribution in [0.2, 0.25) is 0 Å². The van der Waals surface area contributed by atoms with E-state index in [1.807, 2.05) is 49.4 Å². The van der Waals surface area contributed by atoms with Crippen LogP contribution in [0.5, 0.6) is 5.88 Å². The lowest BCUT2D eigenvalue weighted by Crippen LogP contribution is -2.19. The average Bonchev–Trinajstić information content (AvgIpc) is 2.79. The maximum absolute atomic E-state index is 12.3. The molecule has 0 spiro atoms. The van der Waals surface area contributed by atoms with E-state index in [0.29, 0.717) is 23.5 Å². The van der Waals surface area contributed by atoms with Crippen LogP contribution in [0, 0.1) is 6.92 Å². The highest BCUT2D eigenvalue weighted by Gasteiger charge is 2.28. The number of hydrogen-bond donors (Lipinski definition) is 0. The molecule has 0 unspecified atom stereocenters. The number of nitrogens with zero attached hydrogens (tertiary/aromatic N) is 4. The van der Waals surface area contributed by atoms with E-state index < -0.39 is 12.8 Å². The SMILES string of the molecule is Cc1ncc(-c2ccccc2Cc2cccc(-c3ccc(OCC(F)(F)F)nc3)n2)cn1. The Hall–Kier alpha value is -3.81. The van der Waals surface area contributed by atoms with Crippen LogP contribution in [0.4, 0.5) is 13.2 Å². The van der Waals surface area contributed by atoms with E-state index in [-0.39, 0.29) is 5.88 Å². The lowest BCUT2D eigenvalue weighted by Gasteiger charge is -2.11. The van der Waals surface area contributed by atoms with E-state index in [2.05, 4.69) is 19.7 Å². The molecular weight excluding hydrogens is 417 g/mol. The van der Waals surface area contributed by atoms with Crippen LogP contribution in [0.15, 0.2) is 73.2 Å². The molecule has 0 N–H and O–H groups in total. The number of benzene rings is 1. The molecule has 5 nitrogen and oxygen atoms in total. The molecule has 1 aromatic carbocycles. The van der Waals surface area contributed by atoms with Gasteiger partial charge in [0.25, 0.3) is 0 Å². The number of alkyl halides is 3. The highest BCUT2D eigenvalue weighted by atomic mass is 19.4. The summed E-state index contributed by atoms with van der Waals surface area (Å²) in [5.74, 6) is 0.625. The molecular formula is C24H19F3N4O. The molecule has 3 heterocycles. The molecule has 4 aromatic rings. The zero-order chi connectivity index (χ0) is 22.6. The first-order valence-corrected chi connectivity index (χ1v) is 9.86. The minimum Gasteiger partial charge on any atom is -0.468 e. The molecule has 0 amide bonds. The highest BCUT2D eigenvalue weighted by molar-refractivity contribution is 5.66. The summed E-state index contributed by atoms with van der Waals surface area (Å²) >= 11 is 0. The molecule has 32 heavy (non-hydrogen) atoms. The molecule has 162 valence electrons. The van der Waals surface area contributed by atoms with Crippen LogP contribution in [0.25, 0.3) is 22.4 Å². The van der Waals surface area contributed by atoms with Gasteiger partial charge in [-0.2, -0.15) is 13.2 Å². The summed E-state index contributed by atoms with van der Waals surface area (Å²) in [5, 5.41) is 0. The monoisotopic (exact) mass is 436 g/mol. The van der Waals surface area contributed by atoms with Gasteiger partial charge in [0.15, 0.2) is 6.61 Å². The van der Waals surface area contributed by atoms with Gasteiger partial charge < -0.3 is 4.74 Å². The topological polar surface area (TPSA) is 60.8 Å².